The largest absolute Gasteiger partial charge is 0.496 e. The van der Waals surface area contributed by atoms with E-state index in [2.05, 4.69) is 4.74 Å². The lowest BCUT2D eigenvalue weighted by molar-refractivity contribution is -0.138. The van der Waals surface area contributed by atoms with E-state index < -0.39 is 29.3 Å². The first kappa shape index (κ1) is 15.8. The Hall–Kier alpha value is -2.57. The highest BCUT2D eigenvalue weighted by atomic mass is 19.4. The zero-order chi connectivity index (χ0) is 16.5. The zero-order valence-corrected chi connectivity index (χ0v) is 11.2. The van der Waals surface area contributed by atoms with Crippen LogP contribution in [0.4, 0.5) is 17.6 Å². The van der Waals surface area contributed by atoms with Gasteiger partial charge in [0.15, 0.2) is 0 Å². The maximum absolute atomic E-state index is 13.8. The molecular formula is C15H10F4O3. The van der Waals surface area contributed by atoms with E-state index in [1.165, 1.54) is 6.07 Å². The summed E-state index contributed by atoms with van der Waals surface area (Å²) in [6, 6.07) is 5.94. The Morgan fingerprint density at radius 1 is 1.14 bits per heavy atom. The summed E-state index contributed by atoms with van der Waals surface area (Å²) < 4.78 is 57.4. The Kier molecular flexibility index (Phi) is 4.07. The van der Waals surface area contributed by atoms with E-state index >= 15 is 0 Å². The quantitative estimate of drug-likeness (QED) is 0.863. The molecule has 22 heavy (non-hydrogen) atoms. The molecule has 0 saturated carbocycles. The third-order valence-corrected chi connectivity index (χ3v) is 3.03. The van der Waals surface area contributed by atoms with Crippen molar-refractivity contribution in [2.24, 2.45) is 0 Å². The molecule has 0 amide bonds. The van der Waals surface area contributed by atoms with E-state index in [4.69, 9.17) is 5.11 Å². The van der Waals surface area contributed by atoms with Crippen LogP contribution >= 0.6 is 0 Å². The van der Waals surface area contributed by atoms with Gasteiger partial charge in [-0.05, 0) is 35.9 Å². The number of rotatable bonds is 3. The van der Waals surface area contributed by atoms with Crippen LogP contribution in [0.3, 0.4) is 0 Å². The lowest BCUT2D eigenvalue weighted by atomic mass is 9.99. The number of hydrogen-bond acceptors (Lipinski definition) is 2. The molecule has 0 heterocycles. The van der Waals surface area contributed by atoms with E-state index in [-0.39, 0.29) is 16.7 Å². The summed E-state index contributed by atoms with van der Waals surface area (Å²) in [7, 11) is 1.09. The van der Waals surface area contributed by atoms with Gasteiger partial charge in [-0.3, -0.25) is 0 Å². The molecule has 7 heteroatoms. The number of hydrogen-bond donors (Lipinski definition) is 1. The number of carbonyl (C=O) groups is 1. The molecule has 0 atom stereocenters. The number of methoxy groups -OCH3 is 1. The smallest absolute Gasteiger partial charge is 0.419 e. The van der Waals surface area contributed by atoms with Crippen LogP contribution in [0.5, 0.6) is 5.75 Å². The predicted molar refractivity (Wildman–Crippen MR) is 70.3 cm³/mol. The highest BCUT2D eigenvalue weighted by Gasteiger charge is 2.34. The van der Waals surface area contributed by atoms with Crippen molar-refractivity contribution in [2.75, 3.05) is 7.11 Å². The lowest BCUT2D eigenvalue weighted by Crippen LogP contribution is -2.08. The van der Waals surface area contributed by atoms with E-state index in [9.17, 15) is 22.4 Å². The molecule has 2 aromatic rings. The summed E-state index contributed by atoms with van der Waals surface area (Å²) in [6.45, 7) is 0. The molecule has 0 radical (unpaired) electrons. The SMILES string of the molecule is COc1ccc(-c2cc(C(=O)O)ccc2F)cc1C(F)(F)F. The van der Waals surface area contributed by atoms with Gasteiger partial charge >= 0.3 is 12.1 Å². The minimum Gasteiger partial charge on any atom is -0.496 e. The summed E-state index contributed by atoms with van der Waals surface area (Å²) in [5.74, 6) is -2.51. The third kappa shape index (κ3) is 3.03. The van der Waals surface area contributed by atoms with Crippen molar-refractivity contribution in [3.8, 4) is 16.9 Å². The van der Waals surface area contributed by atoms with Crippen molar-refractivity contribution >= 4 is 5.97 Å². The second-order valence-electron chi connectivity index (χ2n) is 4.41. The molecular weight excluding hydrogens is 304 g/mol. The van der Waals surface area contributed by atoms with E-state index in [0.29, 0.717) is 0 Å². The van der Waals surface area contributed by atoms with Crippen LogP contribution in [0.1, 0.15) is 15.9 Å². The van der Waals surface area contributed by atoms with Gasteiger partial charge < -0.3 is 9.84 Å². The second-order valence-corrected chi connectivity index (χ2v) is 4.41. The minimum absolute atomic E-state index is 0.0891. The van der Waals surface area contributed by atoms with Crippen molar-refractivity contribution in [1.82, 2.24) is 0 Å². The van der Waals surface area contributed by atoms with Crippen LogP contribution in [0.25, 0.3) is 11.1 Å². The Balaban J connectivity index is 2.63. The van der Waals surface area contributed by atoms with Gasteiger partial charge in [0, 0.05) is 5.56 Å². The molecule has 0 saturated heterocycles. The van der Waals surface area contributed by atoms with Crippen molar-refractivity contribution in [3.63, 3.8) is 0 Å². The fraction of sp³-hybridized carbons (Fsp3) is 0.133. The average Bonchev–Trinajstić information content (AvgIpc) is 2.46. The van der Waals surface area contributed by atoms with Crippen LogP contribution < -0.4 is 4.74 Å². The molecule has 0 spiro atoms. The number of ether oxygens (including phenoxy) is 1. The summed E-state index contributed by atoms with van der Waals surface area (Å²) in [5, 5.41) is 8.89. The van der Waals surface area contributed by atoms with Gasteiger partial charge in [0.1, 0.15) is 11.6 Å². The van der Waals surface area contributed by atoms with E-state index in [1.54, 1.807) is 0 Å². The summed E-state index contributed by atoms with van der Waals surface area (Å²) in [5.41, 5.74) is -1.60. The van der Waals surface area contributed by atoms with Gasteiger partial charge in [0.25, 0.3) is 0 Å². The molecule has 0 fully saturated rings. The molecule has 2 rings (SSSR count). The number of alkyl halides is 3. The van der Waals surface area contributed by atoms with E-state index in [1.807, 2.05) is 0 Å². The van der Waals surface area contributed by atoms with Gasteiger partial charge in [0.05, 0.1) is 18.2 Å². The number of carboxylic acid groups (broad SMARTS) is 1. The van der Waals surface area contributed by atoms with Crippen molar-refractivity contribution in [1.29, 1.82) is 0 Å². The van der Waals surface area contributed by atoms with Crippen LogP contribution in [0.2, 0.25) is 0 Å². The monoisotopic (exact) mass is 314 g/mol. The zero-order valence-electron chi connectivity index (χ0n) is 11.2. The van der Waals surface area contributed by atoms with Crippen molar-refractivity contribution in [2.45, 2.75) is 6.18 Å². The number of benzene rings is 2. The summed E-state index contributed by atoms with van der Waals surface area (Å²) >= 11 is 0. The van der Waals surface area contributed by atoms with Crippen molar-refractivity contribution in [3.05, 3.63) is 53.3 Å². The van der Waals surface area contributed by atoms with Gasteiger partial charge in [0.2, 0.25) is 0 Å². The Labute approximate surface area is 122 Å². The molecule has 0 unspecified atom stereocenters. The maximum atomic E-state index is 13.8. The lowest BCUT2D eigenvalue weighted by Gasteiger charge is -2.14. The number of halogens is 4. The highest BCUT2D eigenvalue weighted by molar-refractivity contribution is 5.89. The Bertz CT molecular complexity index is 723. The number of aromatic carboxylic acids is 1. The number of carboxylic acids is 1. The maximum Gasteiger partial charge on any atom is 0.419 e. The molecule has 116 valence electrons. The Morgan fingerprint density at radius 2 is 1.82 bits per heavy atom. The average molecular weight is 314 g/mol. The van der Waals surface area contributed by atoms with Crippen LogP contribution in [-0.4, -0.2) is 18.2 Å². The Morgan fingerprint density at radius 3 is 2.36 bits per heavy atom. The first-order chi connectivity index (χ1) is 10.2. The molecule has 0 aliphatic rings. The van der Waals surface area contributed by atoms with Crippen LogP contribution in [0.15, 0.2) is 36.4 Å². The van der Waals surface area contributed by atoms with Crippen LogP contribution in [-0.2, 0) is 6.18 Å². The van der Waals surface area contributed by atoms with E-state index in [0.717, 1.165) is 37.4 Å². The molecule has 2 aromatic carbocycles. The standard InChI is InChI=1S/C15H10F4O3/c1-22-13-5-3-8(7-11(13)15(17,18)19)10-6-9(14(20)21)2-4-12(10)16/h2-7H,1H3,(H,20,21). The second kappa shape index (κ2) is 5.67. The topological polar surface area (TPSA) is 46.5 Å². The predicted octanol–water partition coefficient (Wildman–Crippen LogP) is 4.22. The molecule has 1 N–H and O–H groups in total. The molecule has 3 nitrogen and oxygen atoms in total. The van der Waals surface area contributed by atoms with Gasteiger partial charge in [-0.1, -0.05) is 6.07 Å². The fourth-order valence-corrected chi connectivity index (χ4v) is 1.98. The first-order valence-electron chi connectivity index (χ1n) is 6.02. The van der Waals surface area contributed by atoms with Gasteiger partial charge in [-0.2, -0.15) is 13.2 Å². The summed E-state index contributed by atoms with van der Waals surface area (Å²) in [4.78, 5) is 10.9. The highest BCUT2D eigenvalue weighted by Crippen LogP contribution is 2.39. The molecule has 0 bridgehead atoms. The van der Waals surface area contributed by atoms with Gasteiger partial charge in [-0.25, -0.2) is 9.18 Å². The molecule has 0 aliphatic heterocycles. The molecule has 0 aromatic heterocycles. The van der Waals surface area contributed by atoms with Crippen LogP contribution in [0, 0.1) is 5.82 Å². The van der Waals surface area contributed by atoms with Gasteiger partial charge in [-0.15, -0.1) is 0 Å². The summed E-state index contributed by atoms with van der Waals surface area (Å²) in [6.07, 6.45) is -4.68. The fourth-order valence-electron chi connectivity index (χ4n) is 1.98. The van der Waals surface area contributed by atoms with Crippen molar-refractivity contribution < 1.29 is 32.2 Å². The molecule has 0 aliphatic carbocycles. The minimum atomic E-state index is -4.68. The first-order valence-corrected chi connectivity index (χ1v) is 6.02. The third-order valence-electron chi connectivity index (χ3n) is 3.03. The normalized spacial score (nSPS) is 11.3.